The Kier molecular flexibility index (Phi) is 5.75. The summed E-state index contributed by atoms with van der Waals surface area (Å²) in [6.07, 6.45) is 3.33. The third-order valence-electron chi connectivity index (χ3n) is 3.48. The highest BCUT2D eigenvalue weighted by Gasteiger charge is 2.16. The predicted molar refractivity (Wildman–Crippen MR) is 100 cm³/mol. The molecule has 3 rings (SSSR count). The van der Waals surface area contributed by atoms with Crippen LogP contribution in [0.4, 0.5) is 5.69 Å². The zero-order chi connectivity index (χ0) is 18.4. The van der Waals surface area contributed by atoms with Gasteiger partial charge in [-0.05, 0) is 36.4 Å². The second kappa shape index (κ2) is 8.39. The number of hydrogen-bond acceptors (Lipinski definition) is 6. The van der Waals surface area contributed by atoms with Gasteiger partial charge in [0.15, 0.2) is 10.9 Å². The number of methoxy groups -OCH3 is 1. The summed E-state index contributed by atoms with van der Waals surface area (Å²) in [6.45, 7) is 4.28. The lowest BCUT2D eigenvalue weighted by Crippen LogP contribution is -2.14. The molecule has 0 bridgehead atoms. The van der Waals surface area contributed by atoms with Crippen LogP contribution in [0.25, 0.3) is 11.6 Å². The molecule has 0 saturated carbocycles. The molecule has 0 aliphatic rings. The molecule has 0 unspecified atom stereocenters. The Morgan fingerprint density at radius 2 is 2.15 bits per heavy atom. The van der Waals surface area contributed by atoms with Crippen LogP contribution in [-0.2, 0) is 11.3 Å². The minimum Gasteiger partial charge on any atom is -0.497 e. The molecule has 0 fully saturated rings. The number of amides is 1. The highest BCUT2D eigenvalue weighted by Crippen LogP contribution is 2.24. The Morgan fingerprint density at radius 1 is 1.35 bits per heavy atom. The number of benzene rings is 1. The van der Waals surface area contributed by atoms with Gasteiger partial charge < -0.3 is 14.5 Å². The van der Waals surface area contributed by atoms with Crippen molar-refractivity contribution in [2.45, 2.75) is 11.7 Å². The third-order valence-corrected chi connectivity index (χ3v) is 4.44. The van der Waals surface area contributed by atoms with Gasteiger partial charge in [-0.3, -0.25) is 9.36 Å². The zero-order valence-corrected chi connectivity index (χ0v) is 15.0. The number of nitrogens with one attached hydrogen (secondary N) is 1. The summed E-state index contributed by atoms with van der Waals surface area (Å²) in [5.41, 5.74) is 0.709. The normalized spacial score (nSPS) is 10.5. The van der Waals surface area contributed by atoms with Crippen molar-refractivity contribution in [2.75, 3.05) is 18.2 Å². The second-order valence-electron chi connectivity index (χ2n) is 5.25. The Hall–Kier alpha value is -3.00. The molecule has 0 aliphatic carbocycles. The number of carbonyl (C=O) groups is 1. The van der Waals surface area contributed by atoms with Gasteiger partial charge in [-0.25, -0.2) is 0 Å². The summed E-state index contributed by atoms with van der Waals surface area (Å²) in [4.78, 5) is 12.2. The molecule has 0 aliphatic heterocycles. The summed E-state index contributed by atoms with van der Waals surface area (Å²) in [6, 6.07) is 10.8. The van der Waals surface area contributed by atoms with E-state index >= 15 is 0 Å². The van der Waals surface area contributed by atoms with Gasteiger partial charge >= 0.3 is 0 Å². The summed E-state index contributed by atoms with van der Waals surface area (Å²) < 4.78 is 12.3. The van der Waals surface area contributed by atoms with E-state index in [-0.39, 0.29) is 11.7 Å². The van der Waals surface area contributed by atoms with Gasteiger partial charge in [-0.1, -0.05) is 17.8 Å². The molecule has 1 amide bonds. The van der Waals surface area contributed by atoms with Crippen LogP contribution in [0.15, 0.2) is 64.9 Å². The predicted octanol–water partition coefficient (Wildman–Crippen LogP) is 3.46. The Morgan fingerprint density at radius 3 is 2.81 bits per heavy atom. The monoisotopic (exact) mass is 370 g/mol. The van der Waals surface area contributed by atoms with Crippen molar-refractivity contribution in [1.29, 1.82) is 0 Å². The molecule has 1 N–H and O–H groups in total. The lowest BCUT2D eigenvalue weighted by Gasteiger charge is -2.07. The van der Waals surface area contributed by atoms with E-state index in [2.05, 4.69) is 22.1 Å². The van der Waals surface area contributed by atoms with Gasteiger partial charge in [-0.15, -0.1) is 16.8 Å². The van der Waals surface area contributed by atoms with Gasteiger partial charge in [0.05, 0.1) is 19.1 Å². The molecule has 8 heteroatoms. The minimum absolute atomic E-state index is 0.132. The molecule has 0 atom stereocenters. The molecular formula is C18H18N4O3S. The number of furan rings is 1. The average Bonchev–Trinajstić information content (AvgIpc) is 3.31. The van der Waals surface area contributed by atoms with E-state index < -0.39 is 0 Å². The largest absolute Gasteiger partial charge is 0.497 e. The van der Waals surface area contributed by atoms with Crippen molar-refractivity contribution in [3.05, 3.63) is 55.3 Å². The van der Waals surface area contributed by atoms with Crippen molar-refractivity contribution in [3.8, 4) is 17.3 Å². The third kappa shape index (κ3) is 4.15. The topological polar surface area (TPSA) is 82.2 Å². The molecule has 2 aromatic heterocycles. The number of allylic oxidation sites excluding steroid dienone is 1. The van der Waals surface area contributed by atoms with Crippen molar-refractivity contribution >= 4 is 23.4 Å². The SMILES string of the molecule is C=CCn1c(SCC(=O)Nc2ccc(OC)cc2)nnc1-c1ccco1. The molecular weight excluding hydrogens is 352 g/mol. The number of anilines is 1. The van der Waals surface area contributed by atoms with Crippen LogP contribution in [0.2, 0.25) is 0 Å². The molecule has 0 radical (unpaired) electrons. The standard InChI is InChI=1S/C18H18N4O3S/c1-3-10-22-17(15-5-4-11-25-15)20-21-18(22)26-12-16(23)19-13-6-8-14(24-2)9-7-13/h3-9,11H,1,10,12H2,2H3,(H,19,23). The quantitative estimate of drug-likeness (QED) is 0.483. The van der Waals surface area contributed by atoms with E-state index in [4.69, 9.17) is 9.15 Å². The van der Waals surface area contributed by atoms with E-state index in [1.807, 2.05) is 10.6 Å². The summed E-state index contributed by atoms with van der Waals surface area (Å²) >= 11 is 1.30. The molecule has 26 heavy (non-hydrogen) atoms. The highest BCUT2D eigenvalue weighted by atomic mass is 32.2. The fraction of sp³-hybridized carbons (Fsp3) is 0.167. The fourth-order valence-electron chi connectivity index (χ4n) is 2.28. The van der Waals surface area contributed by atoms with Crippen LogP contribution in [0.3, 0.4) is 0 Å². The first-order chi connectivity index (χ1) is 12.7. The van der Waals surface area contributed by atoms with E-state index in [1.165, 1.54) is 11.8 Å². The van der Waals surface area contributed by atoms with Crippen LogP contribution in [-0.4, -0.2) is 33.5 Å². The van der Waals surface area contributed by atoms with E-state index in [1.54, 1.807) is 49.8 Å². The first-order valence-electron chi connectivity index (χ1n) is 7.86. The molecule has 134 valence electrons. The second-order valence-corrected chi connectivity index (χ2v) is 6.19. The van der Waals surface area contributed by atoms with E-state index in [0.29, 0.717) is 29.0 Å². The molecule has 3 aromatic rings. The number of carbonyl (C=O) groups excluding carboxylic acids is 1. The molecule has 7 nitrogen and oxygen atoms in total. The number of rotatable bonds is 8. The van der Waals surface area contributed by atoms with Gasteiger partial charge in [-0.2, -0.15) is 0 Å². The van der Waals surface area contributed by atoms with Gasteiger partial charge in [0.1, 0.15) is 5.75 Å². The van der Waals surface area contributed by atoms with Crippen molar-refractivity contribution in [1.82, 2.24) is 14.8 Å². The molecule has 0 saturated heterocycles. The van der Waals surface area contributed by atoms with Crippen LogP contribution in [0, 0.1) is 0 Å². The molecule has 2 heterocycles. The maximum absolute atomic E-state index is 12.2. The van der Waals surface area contributed by atoms with Crippen LogP contribution in [0.1, 0.15) is 0 Å². The highest BCUT2D eigenvalue weighted by molar-refractivity contribution is 7.99. The minimum atomic E-state index is -0.132. The maximum Gasteiger partial charge on any atom is 0.234 e. The lowest BCUT2D eigenvalue weighted by atomic mass is 10.3. The summed E-state index contributed by atoms with van der Waals surface area (Å²) in [5, 5.41) is 11.8. The fourth-order valence-corrected chi connectivity index (χ4v) is 3.03. The van der Waals surface area contributed by atoms with Crippen molar-refractivity contribution in [3.63, 3.8) is 0 Å². The van der Waals surface area contributed by atoms with Gasteiger partial charge in [0.25, 0.3) is 0 Å². The number of ether oxygens (including phenoxy) is 1. The smallest absolute Gasteiger partial charge is 0.234 e. The van der Waals surface area contributed by atoms with Crippen molar-refractivity contribution < 1.29 is 13.9 Å². The molecule has 0 spiro atoms. The first kappa shape index (κ1) is 17.8. The van der Waals surface area contributed by atoms with E-state index in [0.717, 1.165) is 5.75 Å². The first-order valence-corrected chi connectivity index (χ1v) is 8.84. The Labute approximate surface area is 155 Å². The molecule has 1 aromatic carbocycles. The Bertz CT molecular complexity index is 872. The van der Waals surface area contributed by atoms with E-state index in [9.17, 15) is 4.79 Å². The Balaban J connectivity index is 1.65. The number of aromatic nitrogens is 3. The summed E-state index contributed by atoms with van der Waals surface area (Å²) in [7, 11) is 1.60. The van der Waals surface area contributed by atoms with Crippen LogP contribution < -0.4 is 10.1 Å². The number of thioether (sulfide) groups is 1. The van der Waals surface area contributed by atoms with Gasteiger partial charge in [0.2, 0.25) is 11.7 Å². The lowest BCUT2D eigenvalue weighted by molar-refractivity contribution is -0.113. The maximum atomic E-state index is 12.2. The van der Waals surface area contributed by atoms with Crippen LogP contribution >= 0.6 is 11.8 Å². The number of hydrogen-bond donors (Lipinski definition) is 1. The average molecular weight is 370 g/mol. The number of nitrogens with zero attached hydrogens (tertiary/aromatic N) is 3. The summed E-state index contributed by atoms with van der Waals surface area (Å²) in [5.74, 6) is 2.04. The van der Waals surface area contributed by atoms with Gasteiger partial charge in [0, 0.05) is 12.2 Å². The van der Waals surface area contributed by atoms with Crippen molar-refractivity contribution in [2.24, 2.45) is 0 Å². The van der Waals surface area contributed by atoms with Crippen LogP contribution in [0.5, 0.6) is 5.75 Å². The zero-order valence-electron chi connectivity index (χ0n) is 14.2.